The number of ether oxygens (including phenoxy) is 4. The molecule has 2 aromatic rings. The Bertz CT molecular complexity index is 1630. The number of piperazine rings is 1. The molecule has 5 rings (SSSR count). The van der Waals surface area contributed by atoms with Crippen LogP contribution >= 0.6 is 0 Å². The van der Waals surface area contributed by atoms with Crippen molar-refractivity contribution in [2.24, 2.45) is 0 Å². The summed E-state index contributed by atoms with van der Waals surface area (Å²) in [6, 6.07) is 1.41. The Hall–Kier alpha value is -4.56. The Kier molecular flexibility index (Phi) is 7.84. The zero-order chi connectivity index (χ0) is 32.1. The van der Waals surface area contributed by atoms with Crippen LogP contribution in [-0.2, 0) is 16.0 Å². The zero-order valence-electron chi connectivity index (χ0n) is 26.6. The van der Waals surface area contributed by atoms with E-state index in [9.17, 15) is 19.8 Å². The van der Waals surface area contributed by atoms with E-state index < -0.39 is 17.3 Å². The number of rotatable bonds is 4. The number of methoxy groups -OCH3 is 1. The highest BCUT2D eigenvalue weighted by Crippen LogP contribution is 2.60. The van der Waals surface area contributed by atoms with Crippen LogP contribution in [0.1, 0.15) is 70.7 Å². The molecule has 0 unspecified atom stereocenters. The summed E-state index contributed by atoms with van der Waals surface area (Å²) in [4.78, 5) is 29.3. The van der Waals surface area contributed by atoms with E-state index >= 15 is 0 Å². The number of nitrogens with zero attached hydrogens (tertiary/aromatic N) is 2. The van der Waals surface area contributed by atoms with Crippen molar-refractivity contribution >= 4 is 29.4 Å². The molecule has 3 heterocycles. The molecule has 1 saturated heterocycles. The largest absolute Gasteiger partial charge is 0.506 e. The van der Waals surface area contributed by atoms with Crippen molar-refractivity contribution in [1.82, 2.24) is 4.90 Å². The lowest BCUT2D eigenvalue weighted by Crippen LogP contribution is -2.50. The van der Waals surface area contributed by atoms with Crippen molar-refractivity contribution in [1.29, 1.82) is 0 Å². The highest BCUT2D eigenvalue weighted by Gasteiger charge is 2.41. The van der Waals surface area contributed by atoms with Gasteiger partial charge in [-0.2, -0.15) is 0 Å². The summed E-state index contributed by atoms with van der Waals surface area (Å²) in [7, 11) is 1.45. The molecule has 3 aliphatic heterocycles. The summed E-state index contributed by atoms with van der Waals surface area (Å²) in [5.41, 5.74) is 1.85. The Morgan fingerprint density at radius 3 is 2.39 bits per heavy atom. The van der Waals surface area contributed by atoms with Crippen LogP contribution in [0, 0.1) is 0 Å². The lowest BCUT2D eigenvalue weighted by molar-refractivity contribution is 0.0240. The fourth-order valence-corrected chi connectivity index (χ4v) is 5.69. The first-order valence-electron chi connectivity index (χ1n) is 14.7. The minimum absolute atomic E-state index is 0.0869. The summed E-state index contributed by atoms with van der Waals surface area (Å²) in [5, 5.41) is 22.7. The molecule has 0 aromatic heterocycles. The number of allylic oxidation sites excluding steroid dienone is 2. The lowest BCUT2D eigenvalue weighted by Gasteiger charge is -2.41. The van der Waals surface area contributed by atoms with Gasteiger partial charge in [-0.3, -0.25) is 0 Å². The van der Waals surface area contributed by atoms with Gasteiger partial charge >= 0.3 is 6.09 Å². The highest BCUT2D eigenvalue weighted by atomic mass is 16.6. The van der Waals surface area contributed by atoms with E-state index in [0.717, 1.165) is 5.57 Å². The molecule has 2 aromatic carbocycles. The van der Waals surface area contributed by atoms with Crippen molar-refractivity contribution in [3.8, 4) is 34.5 Å². The van der Waals surface area contributed by atoms with Gasteiger partial charge in [-0.15, -0.1) is 0 Å². The maximum Gasteiger partial charge on any atom is 0.410 e. The lowest BCUT2D eigenvalue weighted by atomic mass is 9.86. The molecule has 3 aliphatic rings. The molecule has 0 spiro atoms. The second-order valence-electron chi connectivity index (χ2n) is 13.0. The average Bonchev–Trinajstić information content (AvgIpc) is 2.93. The molecule has 1 fully saturated rings. The summed E-state index contributed by atoms with van der Waals surface area (Å²) in [6.07, 6.45) is 5.53. The molecule has 44 heavy (non-hydrogen) atoms. The smallest absolute Gasteiger partial charge is 0.410 e. The number of phenols is 2. The van der Waals surface area contributed by atoms with Crippen LogP contribution in [0.15, 0.2) is 23.8 Å². The first kappa shape index (κ1) is 30.9. The molecule has 2 N–H and O–H groups in total. The molecular formula is C34H40N2O8. The molecule has 234 valence electrons. The van der Waals surface area contributed by atoms with E-state index in [-0.39, 0.29) is 39.9 Å². The fraction of sp³-hybridized carbons (Fsp3) is 0.441. The maximum absolute atomic E-state index is 12.8. The van der Waals surface area contributed by atoms with Crippen LogP contribution in [0.4, 0.5) is 10.5 Å². The number of hydrogen-bond acceptors (Lipinski definition) is 9. The molecule has 0 bridgehead atoms. The average molecular weight is 605 g/mol. The van der Waals surface area contributed by atoms with Crippen molar-refractivity contribution in [2.45, 2.75) is 66.1 Å². The molecule has 1 amide bonds. The number of phenolic OH excluding ortho intramolecular Hbond substituents is 2. The maximum atomic E-state index is 12.8. The molecular weight excluding hydrogens is 564 g/mol. The monoisotopic (exact) mass is 604 g/mol. The normalized spacial score (nSPS) is 16.5. The first-order chi connectivity index (χ1) is 20.7. The Morgan fingerprint density at radius 2 is 1.80 bits per heavy atom. The summed E-state index contributed by atoms with van der Waals surface area (Å²) in [6.45, 7) is 14.7. The predicted molar refractivity (Wildman–Crippen MR) is 168 cm³/mol. The quantitative estimate of drug-likeness (QED) is 0.264. The van der Waals surface area contributed by atoms with E-state index in [4.69, 9.17) is 18.9 Å². The number of fused-ring (bicyclic) bond motifs is 3. The number of hydrogen-bond donors (Lipinski definition) is 2. The number of aromatic hydroxyl groups is 2. The topological polar surface area (TPSA) is 118 Å². The predicted octanol–water partition coefficient (Wildman–Crippen LogP) is 6.23. The van der Waals surface area contributed by atoms with Crippen LogP contribution < -0.4 is 19.1 Å². The summed E-state index contributed by atoms with van der Waals surface area (Å²) < 4.78 is 24.1. The molecule has 0 radical (unpaired) electrons. The van der Waals surface area contributed by atoms with E-state index in [1.807, 2.05) is 65.5 Å². The highest BCUT2D eigenvalue weighted by molar-refractivity contribution is 6.08. The van der Waals surface area contributed by atoms with Gasteiger partial charge in [0.15, 0.2) is 23.0 Å². The van der Waals surface area contributed by atoms with Crippen LogP contribution in [-0.4, -0.2) is 71.6 Å². The standard InChI is InChI=1S/C34H40N2O8/c1-19(2)9-10-20-25-22(18-37)26-28(39)21-11-12-34(6,7)43-30(21)27(31(26)42-24(25)17-23(38)29(20)41-8)35-13-15-36(16-14-35)32(40)44-33(3,4)5/h9,11-12,17,38-39H,10,13-16H2,1-8H3. The Balaban J connectivity index is 1.68. The van der Waals surface area contributed by atoms with Crippen molar-refractivity contribution in [2.75, 3.05) is 38.2 Å². The van der Waals surface area contributed by atoms with Crippen LogP contribution in [0.2, 0.25) is 0 Å². The van der Waals surface area contributed by atoms with E-state index in [1.165, 1.54) is 13.2 Å². The van der Waals surface area contributed by atoms with E-state index in [1.54, 1.807) is 11.0 Å². The third kappa shape index (κ3) is 5.57. The van der Waals surface area contributed by atoms with Crippen LogP contribution in [0.3, 0.4) is 0 Å². The molecule has 10 nitrogen and oxygen atoms in total. The van der Waals surface area contributed by atoms with Crippen LogP contribution in [0.25, 0.3) is 11.6 Å². The summed E-state index contributed by atoms with van der Waals surface area (Å²) in [5.74, 6) is 2.79. The Morgan fingerprint density at radius 1 is 1.11 bits per heavy atom. The van der Waals surface area contributed by atoms with Gasteiger partial charge in [0.2, 0.25) is 0 Å². The molecule has 0 saturated carbocycles. The minimum Gasteiger partial charge on any atom is -0.506 e. The first-order valence-corrected chi connectivity index (χ1v) is 14.7. The molecule has 0 atom stereocenters. The van der Waals surface area contributed by atoms with Gasteiger partial charge in [-0.05, 0) is 67.0 Å². The van der Waals surface area contributed by atoms with Crippen molar-refractivity contribution < 1.29 is 38.7 Å². The Labute approximate surface area is 257 Å². The number of benzene rings is 2. The minimum atomic E-state index is -0.695. The number of carbonyl (C=O) groups is 1. The third-order valence-corrected chi connectivity index (χ3v) is 7.71. The van der Waals surface area contributed by atoms with Gasteiger partial charge in [-0.1, -0.05) is 11.6 Å². The van der Waals surface area contributed by atoms with Gasteiger partial charge in [-0.25, -0.2) is 9.59 Å². The molecule has 0 aliphatic carbocycles. The van der Waals surface area contributed by atoms with Crippen molar-refractivity contribution in [3.05, 3.63) is 46.0 Å². The van der Waals surface area contributed by atoms with E-state index in [0.29, 0.717) is 60.7 Å². The third-order valence-electron chi connectivity index (χ3n) is 7.71. The second-order valence-corrected chi connectivity index (χ2v) is 13.0. The SMILES string of the molecule is COc1c(O)cc2c(c1CC=C(C)C)C(=C=O)c1c(O)c3c(c(N4CCN(C(=O)OC(C)(C)C)CC4)c1O2)OC(C)(C)C=C3. The van der Waals surface area contributed by atoms with Gasteiger partial charge in [0.05, 0.1) is 23.8 Å². The fourth-order valence-electron chi connectivity index (χ4n) is 5.69. The van der Waals surface area contributed by atoms with Crippen molar-refractivity contribution in [3.63, 3.8) is 0 Å². The van der Waals surface area contributed by atoms with Crippen LogP contribution in [0.5, 0.6) is 34.5 Å². The molecule has 10 heteroatoms. The zero-order valence-corrected chi connectivity index (χ0v) is 26.6. The second kappa shape index (κ2) is 11.2. The van der Waals surface area contributed by atoms with Gasteiger partial charge in [0.1, 0.15) is 34.3 Å². The van der Waals surface area contributed by atoms with Gasteiger partial charge in [0, 0.05) is 43.4 Å². The van der Waals surface area contributed by atoms with E-state index in [2.05, 4.69) is 5.94 Å². The van der Waals surface area contributed by atoms with Gasteiger partial charge in [0.25, 0.3) is 0 Å². The summed E-state index contributed by atoms with van der Waals surface area (Å²) >= 11 is 0. The number of amides is 1. The number of carbonyl (C=O) groups excluding carboxylic acids is 2. The number of anilines is 1. The van der Waals surface area contributed by atoms with Gasteiger partial charge < -0.3 is 39.0 Å².